The minimum atomic E-state index is -0.220. The van der Waals surface area contributed by atoms with E-state index in [0.29, 0.717) is 12.8 Å². The van der Waals surface area contributed by atoms with Gasteiger partial charge in [-0.05, 0) is 37.8 Å². The lowest BCUT2D eigenvalue weighted by Gasteiger charge is -2.07. The van der Waals surface area contributed by atoms with Gasteiger partial charge in [-0.15, -0.1) is 10.2 Å². The van der Waals surface area contributed by atoms with Gasteiger partial charge in [-0.25, -0.2) is 0 Å². The van der Waals surface area contributed by atoms with Crippen LogP contribution in [0.1, 0.15) is 22.3 Å². The molecule has 29 heavy (non-hydrogen) atoms. The Hall–Kier alpha value is -2.32. The number of aryl methyl sites for hydroxylation is 2. The van der Waals surface area contributed by atoms with Crippen LogP contribution < -0.4 is 0 Å². The first-order chi connectivity index (χ1) is 14.1. The molecule has 0 amide bonds. The van der Waals surface area contributed by atoms with Gasteiger partial charge in [-0.2, -0.15) is 10.5 Å². The SMILES string of the molecule is Cc1ccc(CC(C#N)Sc2nnc(SC(C#N)Cc3ccc(C)cc3)s2)cc1. The predicted molar refractivity (Wildman–Crippen MR) is 120 cm³/mol. The molecule has 0 aliphatic rings. The Kier molecular flexibility index (Phi) is 7.71. The van der Waals surface area contributed by atoms with Crippen LogP contribution in [-0.2, 0) is 12.8 Å². The summed E-state index contributed by atoms with van der Waals surface area (Å²) in [5.41, 5.74) is 4.68. The Morgan fingerprint density at radius 3 is 1.48 bits per heavy atom. The van der Waals surface area contributed by atoms with Crippen LogP contribution in [0.3, 0.4) is 0 Å². The third kappa shape index (κ3) is 6.61. The molecule has 0 saturated heterocycles. The molecule has 0 spiro atoms. The van der Waals surface area contributed by atoms with Crippen molar-refractivity contribution in [3.63, 3.8) is 0 Å². The Morgan fingerprint density at radius 1 is 0.759 bits per heavy atom. The highest BCUT2D eigenvalue weighted by atomic mass is 32.2. The molecule has 1 heterocycles. The summed E-state index contributed by atoms with van der Waals surface area (Å²) in [6.07, 6.45) is 1.33. The van der Waals surface area contributed by atoms with Crippen molar-refractivity contribution in [2.24, 2.45) is 0 Å². The third-order valence-electron chi connectivity index (χ3n) is 4.25. The second-order valence-electron chi connectivity index (χ2n) is 6.68. The van der Waals surface area contributed by atoms with Crippen molar-refractivity contribution in [2.75, 3.05) is 0 Å². The van der Waals surface area contributed by atoms with Crippen LogP contribution in [0, 0.1) is 36.5 Å². The van der Waals surface area contributed by atoms with Gasteiger partial charge in [-0.1, -0.05) is 94.5 Å². The van der Waals surface area contributed by atoms with Crippen molar-refractivity contribution < 1.29 is 0 Å². The lowest BCUT2D eigenvalue weighted by atomic mass is 10.1. The van der Waals surface area contributed by atoms with Gasteiger partial charge in [0.2, 0.25) is 0 Å². The molecule has 0 aliphatic carbocycles. The number of nitriles is 2. The molecule has 7 heteroatoms. The summed E-state index contributed by atoms with van der Waals surface area (Å²) in [4.78, 5) is 0. The van der Waals surface area contributed by atoms with E-state index in [4.69, 9.17) is 0 Å². The van der Waals surface area contributed by atoms with Crippen molar-refractivity contribution in [1.29, 1.82) is 10.5 Å². The van der Waals surface area contributed by atoms with Crippen molar-refractivity contribution >= 4 is 34.9 Å². The number of nitrogens with zero attached hydrogens (tertiary/aromatic N) is 4. The van der Waals surface area contributed by atoms with Crippen LogP contribution in [0.15, 0.2) is 57.2 Å². The summed E-state index contributed by atoms with van der Waals surface area (Å²) in [6, 6.07) is 21.2. The minimum absolute atomic E-state index is 0.220. The molecule has 2 aromatic carbocycles. The van der Waals surface area contributed by atoms with E-state index >= 15 is 0 Å². The van der Waals surface area contributed by atoms with E-state index in [2.05, 4.69) is 70.9 Å². The third-order valence-corrected chi connectivity index (χ3v) is 7.52. The van der Waals surface area contributed by atoms with E-state index in [-0.39, 0.29) is 10.5 Å². The molecule has 1 aromatic heterocycles. The molecule has 0 radical (unpaired) electrons. The fraction of sp³-hybridized carbons (Fsp3) is 0.273. The van der Waals surface area contributed by atoms with E-state index in [9.17, 15) is 10.5 Å². The lowest BCUT2D eigenvalue weighted by molar-refractivity contribution is 0.941. The lowest BCUT2D eigenvalue weighted by Crippen LogP contribution is -2.03. The molecule has 0 saturated carbocycles. The summed E-state index contributed by atoms with van der Waals surface area (Å²) >= 11 is 4.32. The van der Waals surface area contributed by atoms with Gasteiger partial charge in [0.25, 0.3) is 0 Å². The molecular formula is C22H20N4S3. The van der Waals surface area contributed by atoms with Crippen LogP contribution in [0.5, 0.6) is 0 Å². The van der Waals surface area contributed by atoms with Crippen LogP contribution in [0.4, 0.5) is 0 Å². The van der Waals surface area contributed by atoms with Crippen molar-refractivity contribution in [1.82, 2.24) is 10.2 Å². The first kappa shape index (κ1) is 21.4. The maximum absolute atomic E-state index is 9.51. The Morgan fingerprint density at radius 2 is 1.14 bits per heavy atom. The van der Waals surface area contributed by atoms with Gasteiger partial charge < -0.3 is 0 Å². The second-order valence-corrected chi connectivity index (χ2v) is 10.6. The molecule has 3 aromatic rings. The number of hydrogen-bond donors (Lipinski definition) is 0. The van der Waals surface area contributed by atoms with Crippen molar-refractivity contribution in [3.05, 3.63) is 70.8 Å². The summed E-state index contributed by atoms with van der Waals surface area (Å²) in [5.74, 6) is 0. The molecule has 2 unspecified atom stereocenters. The molecule has 3 rings (SSSR count). The monoisotopic (exact) mass is 436 g/mol. The van der Waals surface area contributed by atoms with E-state index in [0.717, 1.165) is 19.8 Å². The van der Waals surface area contributed by atoms with Gasteiger partial charge in [-0.3, -0.25) is 0 Å². The zero-order valence-corrected chi connectivity index (χ0v) is 18.7. The highest BCUT2D eigenvalue weighted by Crippen LogP contribution is 2.34. The van der Waals surface area contributed by atoms with Gasteiger partial charge in [0.1, 0.15) is 10.5 Å². The molecule has 146 valence electrons. The average Bonchev–Trinajstić information content (AvgIpc) is 3.17. The van der Waals surface area contributed by atoms with E-state index in [1.807, 2.05) is 13.8 Å². The van der Waals surface area contributed by atoms with Gasteiger partial charge in [0.05, 0.1) is 12.1 Å². The maximum Gasteiger partial charge on any atom is 0.176 e. The van der Waals surface area contributed by atoms with Crippen LogP contribution in [0.2, 0.25) is 0 Å². The summed E-state index contributed by atoms with van der Waals surface area (Å²) in [6.45, 7) is 4.10. The van der Waals surface area contributed by atoms with Gasteiger partial charge in [0, 0.05) is 0 Å². The fourth-order valence-electron chi connectivity index (χ4n) is 2.64. The molecule has 0 N–H and O–H groups in total. The smallest absolute Gasteiger partial charge is 0.176 e. The summed E-state index contributed by atoms with van der Waals surface area (Å²) in [5, 5.41) is 27.0. The minimum Gasteiger partial charge on any atom is -0.197 e. The largest absolute Gasteiger partial charge is 0.197 e. The van der Waals surface area contributed by atoms with E-state index in [1.165, 1.54) is 46.0 Å². The van der Waals surface area contributed by atoms with Crippen LogP contribution in [-0.4, -0.2) is 20.7 Å². The molecular weight excluding hydrogens is 416 g/mol. The molecule has 4 nitrogen and oxygen atoms in total. The Balaban J connectivity index is 1.58. The molecule has 0 fully saturated rings. The molecule has 2 atom stereocenters. The van der Waals surface area contributed by atoms with E-state index in [1.54, 1.807) is 0 Å². The first-order valence-electron chi connectivity index (χ1n) is 9.13. The zero-order chi connectivity index (χ0) is 20.6. The second kappa shape index (κ2) is 10.5. The fourth-order valence-corrected chi connectivity index (χ4v) is 5.99. The van der Waals surface area contributed by atoms with Crippen molar-refractivity contribution in [3.8, 4) is 12.1 Å². The highest BCUT2D eigenvalue weighted by molar-refractivity contribution is 8.04. The van der Waals surface area contributed by atoms with Gasteiger partial charge in [0.15, 0.2) is 8.68 Å². The number of hydrogen-bond acceptors (Lipinski definition) is 7. The predicted octanol–water partition coefficient (Wildman–Crippen LogP) is 5.61. The maximum atomic E-state index is 9.51. The zero-order valence-electron chi connectivity index (χ0n) is 16.2. The topological polar surface area (TPSA) is 73.4 Å². The van der Waals surface area contributed by atoms with Crippen molar-refractivity contribution in [2.45, 2.75) is 45.9 Å². The number of aromatic nitrogens is 2. The molecule has 0 aliphatic heterocycles. The number of rotatable bonds is 8. The highest BCUT2D eigenvalue weighted by Gasteiger charge is 2.17. The van der Waals surface area contributed by atoms with Gasteiger partial charge >= 0.3 is 0 Å². The molecule has 0 bridgehead atoms. The normalized spacial score (nSPS) is 12.7. The number of benzene rings is 2. The quantitative estimate of drug-likeness (QED) is 0.427. The Bertz CT molecular complexity index is 932. The average molecular weight is 437 g/mol. The Labute approximate surface area is 184 Å². The van der Waals surface area contributed by atoms with E-state index < -0.39 is 0 Å². The summed E-state index contributed by atoms with van der Waals surface area (Å²) < 4.78 is 1.52. The first-order valence-corrected chi connectivity index (χ1v) is 11.7. The van der Waals surface area contributed by atoms with Crippen LogP contribution in [0.25, 0.3) is 0 Å². The van der Waals surface area contributed by atoms with Crippen LogP contribution >= 0.6 is 34.9 Å². The summed E-state index contributed by atoms with van der Waals surface area (Å²) in [7, 11) is 0. The number of thioether (sulfide) groups is 2. The standard InChI is InChI=1S/C22H20N4S3/c1-15-3-7-17(8-4-15)11-19(13-23)27-21-25-26-22(29-21)28-20(14-24)12-18-9-5-16(2)6-10-18/h3-10,19-20H,11-12H2,1-2H3.